The maximum absolute atomic E-state index is 12.3. The number of hydrogen-bond donors (Lipinski definition) is 3. The summed E-state index contributed by atoms with van der Waals surface area (Å²) in [5.41, 5.74) is 0.877. The predicted molar refractivity (Wildman–Crippen MR) is 103 cm³/mol. The van der Waals surface area contributed by atoms with Crippen molar-refractivity contribution in [1.82, 2.24) is 10.3 Å². The Morgan fingerprint density at radius 3 is 2.78 bits per heavy atom. The lowest BCUT2D eigenvalue weighted by Crippen LogP contribution is -2.33. The molecule has 0 aliphatic carbocycles. The molecule has 0 bridgehead atoms. The molecule has 1 aromatic carbocycles. The van der Waals surface area contributed by atoms with E-state index in [0.29, 0.717) is 18.2 Å². The molecule has 2 amide bonds. The highest BCUT2D eigenvalue weighted by molar-refractivity contribution is 7.22. The third-order valence-electron chi connectivity index (χ3n) is 4.14. The van der Waals surface area contributed by atoms with Gasteiger partial charge in [-0.05, 0) is 31.4 Å². The number of fused-ring (bicyclic) bond motifs is 1. The minimum absolute atomic E-state index is 0.0468. The van der Waals surface area contributed by atoms with E-state index in [2.05, 4.69) is 10.3 Å². The van der Waals surface area contributed by atoms with Crippen molar-refractivity contribution in [3.05, 3.63) is 24.3 Å². The fourth-order valence-electron chi connectivity index (χ4n) is 2.81. The summed E-state index contributed by atoms with van der Waals surface area (Å²) in [6.45, 7) is 0.911. The van der Waals surface area contributed by atoms with E-state index in [1.807, 2.05) is 24.3 Å². The summed E-state index contributed by atoms with van der Waals surface area (Å²) in [6.07, 6.45) is 2.72. The third-order valence-corrected chi connectivity index (χ3v) is 5.20. The standard InChI is InChI=1S/C17H21N3O3S.CH2O2/c21-9-5-1-4-8-18-16(23)12-10-15(22)20(11-12)17-19-13-6-2-3-7-14(13)24-17;2-1-3/h2-3,6-7,12,21H,1,4-5,8-11H2,(H,18,23);1H,(H,2,3). The fourth-order valence-corrected chi connectivity index (χ4v) is 3.81. The first-order chi connectivity index (χ1) is 13.1. The van der Waals surface area contributed by atoms with Crippen molar-refractivity contribution in [2.24, 2.45) is 5.92 Å². The second-order valence-corrected chi connectivity index (χ2v) is 7.06. The lowest BCUT2D eigenvalue weighted by molar-refractivity contribution is -0.126. The van der Waals surface area contributed by atoms with Crippen molar-refractivity contribution in [1.29, 1.82) is 0 Å². The Labute approximate surface area is 160 Å². The van der Waals surface area contributed by atoms with E-state index in [9.17, 15) is 9.59 Å². The molecule has 27 heavy (non-hydrogen) atoms. The number of nitrogens with zero attached hydrogens (tertiary/aromatic N) is 2. The first-order valence-electron chi connectivity index (χ1n) is 8.73. The highest BCUT2D eigenvalue weighted by Crippen LogP contribution is 2.32. The van der Waals surface area contributed by atoms with Gasteiger partial charge in [0.1, 0.15) is 0 Å². The Bertz CT molecular complexity index is 746. The van der Waals surface area contributed by atoms with Gasteiger partial charge in [0.25, 0.3) is 6.47 Å². The van der Waals surface area contributed by atoms with Crippen LogP contribution in [-0.4, -0.2) is 53.2 Å². The van der Waals surface area contributed by atoms with Gasteiger partial charge >= 0.3 is 0 Å². The fraction of sp³-hybridized carbons (Fsp3) is 0.444. The van der Waals surface area contributed by atoms with Crippen LogP contribution in [0.2, 0.25) is 0 Å². The minimum atomic E-state index is -0.317. The first kappa shape index (κ1) is 20.8. The van der Waals surface area contributed by atoms with Gasteiger partial charge in [-0.1, -0.05) is 23.5 Å². The maximum Gasteiger partial charge on any atom is 0.290 e. The number of aliphatic hydroxyl groups is 1. The number of carboxylic acid groups (broad SMARTS) is 1. The monoisotopic (exact) mass is 393 g/mol. The van der Waals surface area contributed by atoms with Gasteiger partial charge in [-0.3, -0.25) is 19.3 Å². The minimum Gasteiger partial charge on any atom is -0.483 e. The molecule has 3 N–H and O–H groups in total. The molecule has 1 saturated heterocycles. The quantitative estimate of drug-likeness (QED) is 0.486. The molecule has 1 unspecified atom stereocenters. The van der Waals surface area contributed by atoms with Gasteiger partial charge in [0, 0.05) is 26.1 Å². The summed E-state index contributed by atoms with van der Waals surface area (Å²) < 4.78 is 1.04. The number of amides is 2. The van der Waals surface area contributed by atoms with Crippen molar-refractivity contribution in [2.45, 2.75) is 25.7 Å². The van der Waals surface area contributed by atoms with Crippen LogP contribution in [0.3, 0.4) is 0 Å². The van der Waals surface area contributed by atoms with Gasteiger partial charge < -0.3 is 15.5 Å². The number of unbranched alkanes of at least 4 members (excludes halogenated alkanes) is 2. The van der Waals surface area contributed by atoms with Gasteiger partial charge in [0.2, 0.25) is 11.8 Å². The molecule has 1 aliphatic heterocycles. The molecule has 146 valence electrons. The molecular formula is C18H23N3O5S. The van der Waals surface area contributed by atoms with E-state index >= 15 is 0 Å². The molecule has 1 atom stereocenters. The predicted octanol–water partition coefficient (Wildman–Crippen LogP) is 1.63. The number of hydrogen-bond acceptors (Lipinski definition) is 6. The van der Waals surface area contributed by atoms with Crippen LogP contribution in [0.4, 0.5) is 5.13 Å². The SMILES string of the molecule is O=C(NCCCCCO)C1CC(=O)N(c2nc3ccccc3s2)C1.O=CO. The van der Waals surface area contributed by atoms with Crippen molar-refractivity contribution < 1.29 is 24.6 Å². The zero-order chi connectivity index (χ0) is 19.6. The molecule has 1 aromatic heterocycles. The zero-order valence-electron chi connectivity index (χ0n) is 14.8. The summed E-state index contributed by atoms with van der Waals surface area (Å²) in [7, 11) is 0. The number of benzene rings is 1. The Morgan fingerprint density at radius 2 is 2.07 bits per heavy atom. The molecule has 0 spiro atoms. The van der Waals surface area contributed by atoms with Crippen molar-refractivity contribution in [2.75, 3.05) is 24.6 Å². The smallest absolute Gasteiger partial charge is 0.290 e. The van der Waals surface area contributed by atoms with Crippen molar-refractivity contribution in [3.8, 4) is 0 Å². The third kappa shape index (κ3) is 5.73. The Balaban J connectivity index is 0.000000817. The Kier molecular flexibility index (Phi) is 8.15. The molecule has 1 fully saturated rings. The molecule has 2 aromatic rings. The van der Waals surface area contributed by atoms with Crippen LogP contribution in [0.5, 0.6) is 0 Å². The highest BCUT2D eigenvalue weighted by Gasteiger charge is 2.36. The topological polar surface area (TPSA) is 120 Å². The molecule has 8 nitrogen and oxygen atoms in total. The van der Waals surface area contributed by atoms with Crippen LogP contribution in [0.1, 0.15) is 25.7 Å². The van der Waals surface area contributed by atoms with E-state index in [4.69, 9.17) is 15.0 Å². The molecule has 2 heterocycles. The summed E-state index contributed by atoms with van der Waals surface area (Å²) in [5, 5.41) is 19.2. The van der Waals surface area contributed by atoms with Gasteiger partial charge in [0.15, 0.2) is 5.13 Å². The average molecular weight is 393 g/mol. The van der Waals surface area contributed by atoms with Crippen molar-refractivity contribution >= 4 is 45.0 Å². The lowest BCUT2D eigenvalue weighted by Gasteiger charge is -2.13. The molecule has 1 aliphatic rings. The number of aromatic nitrogens is 1. The van der Waals surface area contributed by atoms with Crippen molar-refractivity contribution in [3.63, 3.8) is 0 Å². The van der Waals surface area contributed by atoms with Gasteiger partial charge in [0.05, 0.1) is 16.1 Å². The second kappa shape index (κ2) is 10.6. The van der Waals surface area contributed by atoms with Crippen LogP contribution in [0.15, 0.2) is 24.3 Å². The number of thiazole rings is 1. The molecular weight excluding hydrogens is 370 g/mol. The first-order valence-corrected chi connectivity index (χ1v) is 9.54. The summed E-state index contributed by atoms with van der Waals surface area (Å²) in [6, 6.07) is 7.77. The number of aliphatic hydroxyl groups excluding tert-OH is 1. The number of rotatable bonds is 7. The normalized spacial score (nSPS) is 16.1. The Hall–Kier alpha value is -2.52. The van der Waals surface area contributed by atoms with Crippen LogP contribution in [-0.2, 0) is 14.4 Å². The molecule has 9 heteroatoms. The summed E-state index contributed by atoms with van der Waals surface area (Å²) in [4.78, 5) is 39.0. The van der Waals surface area contributed by atoms with Crippen LogP contribution in [0.25, 0.3) is 10.2 Å². The van der Waals surface area contributed by atoms with Crippen LogP contribution < -0.4 is 10.2 Å². The summed E-state index contributed by atoms with van der Waals surface area (Å²) >= 11 is 1.48. The number of carbonyl (C=O) groups excluding carboxylic acids is 2. The lowest BCUT2D eigenvalue weighted by atomic mass is 10.1. The van der Waals surface area contributed by atoms with Crippen LogP contribution >= 0.6 is 11.3 Å². The second-order valence-electron chi connectivity index (χ2n) is 6.05. The van der Waals surface area contributed by atoms with E-state index < -0.39 is 0 Å². The summed E-state index contributed by atoms with van der Waals surface area (Å²) in [5.74, 6) is -0.437. The van der Waals surface area contributed by atoms with E-state index in [1.54, 1.807) is 4.90 Å². The molecule has 0 radical (unpaired) electrons. The van der Waals surface area contributed by atoms with E-state index in [-0.39, 0.29) is 37.2 Å². The van der Waals surface area contributed by atoms with E-state index in [0.717, 1.165) is 29.5 Å². The average Bonchev–Trinajstić information content (AvgIpc) is 3.25. The highest BCUT2D eigenvalue weighted by atomic mass is 32.1. The number of anilines is 1. The van der Waals surface area contributed by atoms with E-state index in [1.165, 1.54) is 11.3 Å². The number of nitrogens with one attached hydrogen (secondary N) is 1. The van der Waals surface area contributed by atoms with Gasteiger partial charge in [-0.15, -0.1) is 0 Å². The van der Waals surface area contributed by atoms with Gasteiger partial charge in [-0.2, -0.15) is 0 Å². The van der Waals surface area contributed by atoms with Gasteiger partial charge in [-0.25, -0.2) is 4.98 Å². The molecule has 0 saturated carbocycles. The molecule has 3 rings (SSSR count). The zero-order valence-corrected chi connectivity index (χ0v) is 15.7. The maximum atomic E-state index is 12.3. The number of para-hydroxylation sites is 1. The van der Waals surface area contributed by atoms with Crippen LogP contribution in [0, 0.1) is 5.92 Å². The Morgan fingerprint density at radius 1 is 1.33 bits per heavy atom. The largest absolute Gasteiger partial charge is 0.483 e. The number of carbonyl (C=O) groups is 3.